The predicted molar refractivity (Wildman–Crippen MR) is 113 cm³/mol. The Balaban J connectivity index is 2.14. The van der Waals surface area contributed by atoms with Gasteiger partial charge in [-0.25, -0.2) is 0 Å². The molecule has 2 aromatic carbocycles. The molecule has 1 fully saturated rings. The van der Waals surface area contributed by atoms with Crippen LogP contribution in [0.4, 0.5) is 5.69 Å². The van der Waals surface area contributed by atoms with Crippen molar-refractivity contribution < 1.29 is 19.6 Å². The number of carbonyl (C=O) groups is 2. The van der Waals surface area contributed by atoms with Gasteiger partial charge in [0.2, 0.25) is 0 Å². The van der Waals surface area contributed by atoms with E-state index in [0.29, 0.717) is 12.0 Å². The Morgan fingerprint density at radius 1 is 1.03 bits per heavy atom. The van der Waals surface area contributed by atoms with Gasteiger partial charge in [0.1, 0.15) is 5.76 Å². The molecule has 7 heteroatoms. The minimum Gasteiger partial charge on any atom is -0.507 e. The van der Waals surface area contributed by atoms with Crippen LogP contribution < -0.4 is 0 Å². The summed E-state index contributed by atoms with van der Waals surface area (Å²) in [7, 11) is 0. The third-order valence-electron chi connectivity index (χ3n) is 5.27. The Labute approximate surface area is 174 Å². The molecule has 3 rings (SSSR count). The summed E-state index contributed by atoms with van der Waals surface area (Å²) in [4.78, 5) is 38.2. The number of hydrogen-bond donors (Lipinski definition) is 1. The zero-order valence-corrected chi connectivity index (χ0v) is 16.8. The first-order valence-corrected chi connectivity index (χ1v) is 10.0. The molecular formula is C23H24N2O5. The van der Waals surface area contributed by atoms with E-state index in [1.807, 2.05) is 0 Å². The van der Waals surface area contributed by atoms with Crippen molar-refractivity contribution in [2.75, 3.05) is 6.54 Å². The molecular weight excluding hydrogens is 384 g/mol. The van der Waals surface area contributed by atoms with Gasteiger partial charge in [0.05, 0.1) is 22.1 Å². The number of para-hydroxylation sites is 1. The number of unbranched alkanes of at least 4 members (excludes halogenated alkanes) is 3. The normalized spacial score (nSPS) is 18.0. The number of nitro benzene ring substituents is 1. The van der Waals surface area contributed by atoms with Crippen LogP contribution in [0.1, 0.15) is 49.8 Å². The fourth-order valence-corrected chi connectivity index (χ4v) is 3.78. The van der Waals surface area contributed by atoms with Gasteiger partial charge >= 0.3 is 0 Å². The summed E-state index contributed by atoms with van der Waals surface area (Å²) in [6.45, 7) is 2.35. The Morgan fingerprint density at radius 3 is 2.37 bits per heavy atom. The summed E-state index contributed by atoms with van der Waals surface area (Å²) in [5.41, 5.74) is 0.289. The van der Waals surface area contributed by atoms with E-state index in [-0.39, 0.29) is 29.1 Å². The number of benzene rings is 2. The fraction of sp³-hybridized carbons (Fsp3) is 0.304. The van der Waals surface area contributed by atoms with Gasteiger partial charge in [-0.15, -0.1) is 0 Å². The number of carbonyl (C=O) groups excluding carboxylic acids is 2. The lowest BCUT2D eigenvalue weighted by atomic mass is 9.94. The second-order valence-corrected chi connectivity index (χ2v) is 7.24. The summed E-state index contributed by atoms with van der Waals surface area (Å²) in [5.74, 6) is -1.89. The predicted octanol–water partition coefficient (Wildman–Crippen LogP) is 4.60. The summed E-state index contributed by atoms with van der Waals surface area (Å²) in [6.07, 6.45) is 3.55. The number of rotatable bonds is 8. The van der Waals surface area contributed by atoms with Gasteiger partial charge in [0.25, 0.3) is 17.4 Å². The standard InChI is InChI=1S/C23H24N2O5/c1-2-3-4-10-15-24-20(17-13-8-9-14-18(17)25(29)30)19(22(27)23(24)28)21(26)16-11-6-5-7-12-16/h5-9,11-14,20,26H,2-4,10,15H2,1H3/b21-19+/t20-/m1/s1. The van der Waals surface area contributed by atoms with E-state index in [9.17, 15) is 24.8 Å². The molecule has 0 aromatic heterocycles. The molecule has 1 amide bonds. The zero-order chi connectivity index (χ0) is 21.7. The molecule has 7 nitrogen and oxygen atoms in total. The van der Waals surface area contributed by atoms with Crippen molar-refractivity contribution in [1.82, 2.24) is 4.90 Å². The lowest BCUT2D eigenvalue weighted by Gasteiger charge is -2.25. The number of Topliss-reactive ketones (excluding diaryl/α,β-unsaturated/α-hetero) is 1. The minimum atomic E-state index is -1.01. The highest BCUT2D eigenvalue weighted by Crippen LogP contribution is 2.42. The van der Waals surface area contributed by atoms with Crippen molar-refractivity contribution in [2.24, 2.45) is 0 Å². The first kappa shape index (κ1) is 21.2. The van der Waals surface area contributed by atoms with Gasteiger partial charge in [-0.1, -0.05) is 68.7 Å². The average molecular weight is 408 g/mol. The van der Waals surface area contributed by atoms with Crippen LogP contribution in [0.3, 0.4) is 0 Å². The molecule has 2 aromatic rings. The van der Waals surface area contributed by atoms with Gasteiger partial charge in [0, 0.05) is 18.2 Å². The lowest BCUT2D eigenvalue weighted by Crippen LogP contribution is -2.31. The van der Waals surface area contributed by atoms with E-state index in [4.69, 9.17) is 0 Å². The Hall–Kier alpha value is -3.48. The summed E-state index contributed by atoms with van der Waals surface area (Å²) >= 11 is 0. The van der Waals surface area contributed by atoms with Crippen molar-refractivity contribution in [3.63, 3.8) is 0 Å². The molecule has 1 atom stereocenters. The highest BCUT2D eigenvalue weighted by Gasteiger charge is 2.47. The number of amides is 1. The van der Waals surface area contributed by atoms with Crippen LogP contribution in [-0.2, 0) is 9.59 Å². The maximum Gasteiger partial charge on any atom is 0.295 e. The SMILES string of the molecule is CCCCCCN1C(=O)C(=O)/C(=C(/O)c2ccccc2)[C@H]1c1ccccc1[N+](=O)[O-]. The maximum absolute atomic E-state index is 12.9. The van der Waals surface area contributed by atoms with E-state index in [1.165, 1.54) is 23.1 Å². The number of likely N-dealkylation sites (tertiary alicyclic amines) is 1. The van der Waals surface area contributed by atoms with E-state index >= 15 is 0 Å². The van der Waals surface area contributed by atoms with Crippen molar-refractivity contribution in [2.45, 2.75) is 38.6 Å². The van der Waals surface area contributed by atoms with E-state index in [0.717, 1.165) is 19.3 Å². The van der Waals surface area contributed by atoms with Gasteiger partial charge in [-0.3, -0.25) is 19.7 Å². The summed E-state index contributed by atoms with van der Waals surface area (Å²) in [5, 5.41) is 22.5. The van der Waals surface area contributed by atoms with Crippen LogP contribution >= 0.6 is 0 Å². The van der Waals surface area contributed by atoms with E-state index in [1.54, 1.807) is 36.4 Å². The molecule has 1 heterocycles. The Morgan fingerprint density at radius 2 is 1.70 bits per heavy atom. The highest BCUT2D eigenvalue weighted by atomic mass is 16.6. The first-order valence-electron chi connectivity index (χ1n) is 10.0. The largest absolute Gasteiger partial charge is 0.507 e. The molecule has 0 unspecified atom stereocenters. The molecule has 0 bridgehead atoms. The summed E-state index contributed by atoms with van der Waals surface area (Å²) in [6, 6.07) is 13.5. The van der Waals surface area contributed by atoms with Crippen molar-refractivity contribution in [3.05, 3.63) is 81.4 Å². The molecule has 156 valence electrons. The van der Waals surface area contributed by atoms with Crippen LogP contribution in [-0.4, -0.2) is 33.2 Å². The number of nitrogens with zero attached hydrogens (tertiary/aromatic N) is 2. The quantitative estimate of drug-likeness (QED) is 0.172. The molecule has 1 N–H and O–H groups in total. The number of aliphatic hydroxyl groups is 1. The molecule has 1 aliphatic heterocycles. The van der Waals surface area contributed by atoms with E-state index < -0.39 is 22.7 Å². The molecule has 1 aliphatic rings. The van der Waals surface area contributed by atoms with Gasteiger partial charge in [-0.05, 0) is 12.5 Å². The number of hydrogen-bond acceptors (Lipinski definition) is 5. The van der Waals surface area contributed by atoms with Crippen LogP contribution in [0, 0.1) is 10.1 Å². The molecule has 1 saturated heterocycles. The van der Waals surface area contributed by atoms with Crippen LogP contribution in [0.5, 0.6) is 0 Å². The monoisotopic (exact) mass is 408 g/mol. The number of nitro groups is 1. The molecule has 0 saturated carbocycles. The molecule has 0 aliphatic carbocycles. The number of aliphatic hydroxyl groups excluding tert-OH is 1. The average Bonchev–Trinajstić information content (AvgIpc) is 3.01. The Bertz CT molecular complexity index is 984. The fourth-order valence-electron chi connectivity index (χ4n) is 3.78. The van der Waals surface area contributed by atoms with E-state index in [2.05, 4.69) is 6.92 Å². The molecule has 0 radical (unpaired) electrons. The van der Waals surface area contributed by atoms with Crippen molar-refractivity contribution >= 4 is 23.1 Å². The van der Waals surface area contributed by atoms with Gasteiger partial charge < -0.3 is 10.0 Å². The van der Waals surface area contributed by atoms with Gasteiger partial charge in [-0.2, -0.15) is 0 Å². The smallest absolute Gasteiger partial charge is 0.295 e. The van der Waals surface area contributed by atoms with Crippen molar-refractivity contribution in [1.29, 1.82) is 0 Å². The summed E-state index contributed by atoms with van der Waals surface area (Å²) < 4.78 is 0. The Kier molecular flexibility index (Phi) is 6.61. The zero-order valence-electron chi connectivity index (χ0n) is 16.8. The molecule has 0 spiro atoms. The van der Waals surface area contributed by atoms with Crippen molar-refractivity contribution in [3.8, 4) is 0 Å². The third-order valence-corrected chi connectivity index (χ3v) is 5.27. The van der Waals surface area contributed by atoms with Crippen LogP contribution in [0.2, 0.25) is 0 Å². The second kappa shape index (κ2) is 9.35. The van der Waals surface area contributed by atoms with Crippen LogP contribution in [0.25, 0.3) is 5.76 Å². The van der Waals surface area contributed by atoms with Crippen LogP contribution in [0.15, 0.2) is 60.2 Å². The molecule has 30 heavy (non-hydrogen) atoms. The highest BCUT2D eigenvalue weighted by molar-refractivity contribution is 6.46. The second-order valence-electron chi connectivity index (χ2n) is 7.24. The maximum atomic E-state index is 12.9. The third kappa shape index (κ3) is 4.10. The first-order chi connectivity index (χ1) is 14.5. The minimum absolute atomic E-state index is 0.115. The lowest BCUT2D eigenvalue weighted by molar-refractivity contribution is -0.385. The number of ketones is 1. The topological polar surface area (TPSA) is 101 Å². The van der Waals surface area contributed by atoms with Gasteiger partial charge in [0.15, 0.2) is 0 Å².